The Labute approximate surface area is 74.9 Å². The van der Waals surface area contributed by atoms with Crippen LogP contribution in [0.15, 0.2) is 24.8 Å². The number of hydrogen-bond donors (Lipinski definition) is 0. The van der Waals surface area contributed by atoms with E-state index < -0.39 is 0 Å². The summed E-state index contributed by atoms with van der Waals surface area (Å²) in [6, 6.07) is 6.61. The quantitative estimate of drug-likeness (QED) is 0.635. The Morgan fingerprint density at radius 2 is 2.00 bits per heavy atom. The summed E-state index contributed by atoms with van der Waals surface area (Å²) in [5.41, 5.74) is 4.09. The minimum Gasteiger partial charge on any atom is -0.0985 e. The third kappa shape index (κ3) is 1.76. The lowest BCUT2D eigenvalue weighted by molar-refractivity contribution is 1.08. The summed E-state index contributed by atoms with van der Waals surface area (Å²) in [5, 5.41) is 0. The maximum Gasteiger partial charge on any atom is -0.0230 e. The SMILES string of the molecule is C=Cc1ccc(CC)cc1CC. The highest BCUT2D eigenvalue weighted by atomic mass is 14.0. The van der Waals surface area contributed by atoms with Crippen LogP contribution in [0.3, 0.4) is 0 Å². The predicted octanol–water partition coefficient (Wildman–Crippen LogP) is 3.45. The van der Waals surface area contributed by atoms with Gasteiger partial charge in [-0.3, -0.25) is 0 Å². The minimum absolute atomic E-state index is 1.09. The second-order valence-electron chi connectivity index (χ2n) is 2.94. The molecule has 0 aliphatic heterocycles. The van der Waals surface area contributed by atoms with Gasteiger partial charge in [0.2, 0.25) is 0 Å². The van der Waals surface area contributed by atoms with Crippen molar-refractivity contribution in [3.8, 4) is 0 Å². The first kappa shape index (κ1) is 9.05. The summed E-state index contributed by atoms with van der Waals surface area (Å²) in [6.45, 7) is 8.16. The fourth-order valence-electron chi connectivity index (χ4n) is 1.38. The zero-order chi connectivity index (χ0) is 8.97. The zero-order valence-corrected chi connectivity index (χ0v) is 7.93. The first-order valence-corrected chi connectivity index (χ1v) is 4.56. The normalized spacial score (nSPS) is 9.83. The maximum atomic E-state index is 3.80. The fourth-order valence-corrected chi connectivity index (χ4v) is 1.38. The molecule has 0 radical (unpaired) electrons. The molecule has 0 atom stereocenters. The van der Waals surface area contributed by atoms with Gasteiger partial charge in [0.05, 0.1) is 0 Å². The van der Waals surface area contributed by atoms with Gasteiger partial charge in [-0.15, -0.1) is 0 Å². The van der Waals surface area contributed by atoms with E-state index >= 15 is 0 Å². The van der Waals surface area contributed by atoms with Gasteiger partial charge in [-0.1, -0.05) is 44.7 Å². The van der Waals surface area contributed by atoms with Crippen molar-refractivity contribution in [3.05, 3.63) is 41.5 Å². The van der Waals surface area contributed by atoms with Crippen molar-refractivity contribution >= 4 is 6.08 Å². The molecule has 0 aromatic heterocycles. The average molecular weight is 160 g/mol. The Hall–Kier alpha value is -1.04. The first-order valence-electron chi connectivity index (χ1n) is 4.56. The number of rotatable bonds is 3. The molecule has 0 amide bonds. The smallest absolute Gasteiger partial charge is 0.0230 e. The molecule has 0 saturated carbocycles. The van der Waals surface area contributed by atoms with Gasteiger partial charge in [-0.05, 0) is 29.5 Å². The van der Waals surface area contributed by atoms with E-state index in [1.807, 2.05) is 6.08 Å². The summed E-state index contributed by atoms with van der Waals surface area (Å²) in [5.74, 6) is 0. The van der Waals surface area contributed by atoms with Gasteiger partial charge in [0.25, 0.3) is 0 Å². The number of benzene rings is 1. The molecule has 0 unspecified atom stereocenters. The molecular formula is C12H16. The lowest BCUT2D eigenvalue weighted by atomic mass is 10.0. The van der Waals surface area contributed by atoms with Crippen LogP contribution in [0.2, 0.25) is 0 Å². The Morgan fingerprint density at radius 1 is 1.25 bits per heavy atom. The van der Waals surface area contributed by atoms with Crippen LogP contribution < -0.4 is 0 Å². The molecular weight excluding hydrogens is 144 g/mol. The van der Waals surface area contributed by atoms with Crippen molar-refractivity contribution < 1.29 is 0 Å². The van der Waals surface area contributed by atoms with Crippen molar-refractivity contribution in [1.29, 1.82) is 0 Å². The van der Waals surface area contributed by atoms with Gasteiger partial charge >= 0.3 is 0 Å². The van der Waals surface area contributed by atoms with Gasteiger partial charge in [0.1, 0.15) is 0 Å². The molecule has 0 heteroatoms. The topological polar surface area (TPSA) is 0 Å². The van der Waals surface area contributed by atoms with Gasteiger partial charge in [0.15, 0.2) is 0 Å². The van der Waals surface area contributed by atoms with Crippen LogP contribution in [-0.2, 0) is 12.8 Å². The van der Waals surface area contributed by atoms with E-state index in [0.29, 0.717) is 0 Å². The van der Waals surface area contributed by atoms with E-state index in [1.54, 1.807) is 0 Å². The molecule has 0 spiro atoms. The molecule has 1 aromatic carbocycles. The van der Waals surface area contributed by atoms with Gasteiger partial charge < -0.3 is 0 Å². The van der Waals surface area contributed by atoms with Crippen LogP contribution in [0.1, 0.15) is 30.5 Å². The molecule has 1 rings (SSSR count). The van der Waals surface area contributed by atoms with Crippen molar-refractivity contribution in [2.24, 2.45) is 0 Å². The molecule has 0 heterocycles. The lowest BCUT2D eigenvalue weighted by Crippen LogP contribution is -1.89. The van der Waals surface area contributed by atoms with Crippen LogP contribution >= 0.6 is 0 Å². The van der Waals surface area contributed by atoms with Crippen LogP contribution in [0.25, 0.3) is 6.08 Å². The van der Waals surface area contributed by atoms with Crippen molar-refractivity contribution in [3.63, 3.8) is 0 Å². The monoisotopic (exact) mass is 160 g/mol. The van der Waals surface area contributed by atoms with E-state index in [1.165, 1.54) is 16.7 Å². The molecule has 0 aliphatic carbocycles. The van der Waals surface area contributed by atoms with Crippen molar-refractivity contribution in [2.45, 2.75) is 26.7 Å². The second-order valence-corrected chi connectivity index (χ2v) is 2.94. The Bertz CT molecular complexity index is 271. The number of aryl methyl sites for hydroxylation is 2. The van der Waals surface area contributed by atoms with E-state index in [-0.39, 0.29) is 0 Å². The fraction of sp³-hybridized carbons (Fsp3) is 0.333. The van der Waals surface area contributed by atoms with Crippen LogP contribution in [-0.4, -0.2) is 0 Å². The number of hydrogen-bond acceptors (Lipinski definition) is 0. The molecule has 1 aromatic rings. The largest absolute Gasteiger partial charge is 0.0985 e. The summed E-state index contributed by atoms with van der Waals surface area (Å²) in [6.07, 6.45) is 4.14. The third-order valence-electron chi connectivity index (χ3n) is 2.22. The predicted molar refractivity (Wildman–Crippen MR) is 55.3 cm³/mol. The van der Waals surface area contributed by atoms with Gasteiger partial charge in [-0.25, -0.2) is 0 Å². The van der Waals surface area contributed by atoms with E-state index in [9.17, 15) is 0 Å². The molecule has 0 saturated heterocycles. The Morgan fingerprint density at radius 3 is 2.50 bits per heavy atom. The Balaban J connectivity index is 3.10. The van der Waals surface area contributed by atoms with E-state index in [2.05, 4.69) is 38.6 Å². The lowest BCUT2D eigenvalue weighted by Gasteiger charge is -2.05. The summed E-state index contributed by atoms with van der Waals surface area (Å²) in [4.78, 5) is 0. The van der Waals surface area contributed by atoms with E-state index in [4.69, 9.17) is 0 Å². The van der Waals surface area contributed by atoms with Crippen LogP contribution in [0.4, 0.5) is 0 Å². The standard InChI is InChI=1S/C12H16/c1-4-10-7-8-11(5-2)12(6-3)9-10/h5,7-9H,2,4,6H2,1,3H3. The van der Waals surface area contributed by atoms with Crippen molar-refractivity contribution in [1.82, 2.24) is 0 Å². The summed E-state index contributed by atoms with van der Waals surface area (Å²) >= 11 is 0. The summed E-state index contributed by atoms with van der Waals surface area (Å²) < 4.78 is 0. The minimum atomic E-state index is 1.09. The molecule has 64 valence electrons. The highest BCUT2D eigenvalue weighted by Gasteiger charge is 1.97. The molecule has 0 nitrogen and oxygen atoms in total. The highest BCUT2D eigenvalue weighted by Crippen LogP contribution is 2.14. The molecule has 0 bridgehead atoms. The van der Waals surface area contributed by atoms with Gasteiger partial charge in [-0.2, -0.15) is 0 Å². The molecule has 0 N–H and O–H groups in total. The van der Waals surface area contributed by atoms with E-state index in [0.717, 1.165) is 12.8 Å². The molecule has 0 fully saturated rings. The Kier molecular flexibility index (Phi) is 3.09. The highest BCUT2D eigenvalue weighted by molar-refractivity contribution is 5.52. The summed E-state index contributed by atoms with van der Waals surface area (Å²) in [7, 11) is 0. The molecule has 0 aliphatic rings. The first-order chi connectivity index (χ1) is 5.81. The van der Waals surface area contributed by atoms with Crippen LogP contribution in [0.5, 0.6) is 0 Å². The zero-order valence-electron chi connectivity index (χ0n) is 7.93. The third-order valence-corrected chi connectivity index (χ3v) is 2.22. The second kappa shape index (κ2) is 4.10. The van der Waals surface area contributed by atoms with Gasteiger partial charge in [0, 0.05) is 0 Å². The van der Waals surface area contributed by atoms with Crippen LogP contribution in [0, 0.1) is 0 Å². The van der Waals surface area contributed by atoms with Crippen molar-refractivity contribution in [2.75, 3.05) is 0 Å². The average Bonchev–Trinajstić information content (AvgIpc) is 2.16. The maximum absolute atomic E-state index is 3.80. The molecule has 12 heavy (non-hydrogen) atoms.